The Kier molecular flexibility index (Phi) is 7.98. The molecule has 1 saturated heterocycles. The van der Waals surface area contributed by atoms with Crippen LogP contribution in [0.15, 0.2) is 54.2 Å². The van der Waals surface area contributed by atoms with Crippen molar-refractivity contribution >= 4 is 17.8 Å². The number of benzene rings is 2. The highest BCUT2D eigenvalue weighted by Crippen LogP contribution is 2.55. The lowest BCUT2D eigenvalue weighted by Crippen LogP contribution is -2.55. The summed E-state index contributed by atoms with van der Waals surface area (Å²) in [4.78, 5) is 42.4. The molecule has 218 valence electrons. The van der Waals surface area contributed by atoms with Gasteiger partial charge in [0.1, 0.15) is 11.2 Å². The molecule has 5 rings (SSSR count). The van der Waals surface area contributed by atoms with E-state index < -0.39 is 11.3 Å². The summed E-state index contributed by atoms with van der Waals surface area (Å²) >= 11 is 0. The van der Waals surface area contributed by atoms with E-state index in [1.165, 1.54) is 7.11 Å². The first-order valence-electron chi connectivity index (χ1n) is 14.0. The highest BCUT2D eigenvalue weighted by Gasteiger charge is 2.57. The second kappa shape index (κ2) is 11.5. The Hall–Kier alpha value is -4.01. The van der Waals surface area contributed by atoms with E-state index in [4.69, 9.17) is 18.9 Å². The Balaban J connectivity index is 1.39. The minimum Gasteiger partial charge on any atom is -0.496 e. The summed E-state index contributed by atoms with van der Waals surface area (Å²) in [5.74, 6) is 0.584. The number of nitrogens with zero attached hydrogens (tertiary/aromatic N) is 1. The van der Waals surface area contributed by atoms with Gasteiger partial charge in [-0.2, -0.15) is 0 Å². The van der Waals surface area contributed by atoms with Crippen molar-refractivity contribution in [3.05, 3.63) is 65.4 Å². The molecule has 0 spiro atoms. The highest BCUT2D eigenvalue weighted by molar-refractivity contribution is 5.92. The lowest BCUT2D eigenvalue weighted by Gasteiger charge is -2.51. The summed E-state index contributed by atoms with van der Waals surface area (Å²) in [6.07, 6.45) is 4.06. The Labute approximate surface area is 240 Å². The number of amides is 2. The third-order valence-electron chi connectivity index (χ3n) is 8.31. The molecule has 0 unspecified atom stereocenters. The number of fused-ring (bicyclic) bond motifs is 2. The van der Waals surface area contributed by atoms with Crippen LogP contribution in [0.2, 0.25) is 0 Å². The Bertz CT molecular complexity index is 1370. The molecule has 1 aliphatic carbocycles. The maximum atomic E-state index is 14.0. The number of allylic oxidation sites excluding steroid dienone is 1. The van der Waals surface area contributed by atoms with Crippen LogP contribution in [0.4, 0.5) is 0 Å². The van der Waals surface area contributed by atoms with Crippen LogP contribution in [0.5, 0.6) is 17.2 Å². The average Bonchev–Trinajstić information content (AvgIpc) is 3.42. The lowest BCUT2D eigenvalue weighted by molar-refractivity contribution is -0.162. The van der Waals surface area contributed by atoms with E-state index in [9.17, 15) is 14.4 Å². The van der Waals surface area contributed by atoms with E-state index in [0.717, 1.165) is 23.3 Å². The van der Waals surface area contributed by atoms with Crippen LogP contribution in [0.3, 0.4) is 0 Å². The summed E-state index contributed by atoms with van der Waals surface area (Å²) < 4.78 is 21.8. The van der Waals surface area contributed by atoms with Crippen molar-refractivity contribution in [2.45, 2.75) is 52.5 Å². The molecule has 2 amide bonds. The number of nitrogens with one attached hydrogen (secondary N) is 1. The van der Waals surface area contributed by atoms with Crippen molar-refractivity contribution in [1.29, 1.82) is 0 Å². The van der Waals surface area contributed by atoms with E-state index in [2.05, 4.69) is 19.2 Å². The van der Waals surface area contributed by atoms with Crippen molar-refractivity contribution in [3.63, 3.8) is 0 Å². The Morgan fingerprint density at radius 2 is 1.88 bits per heavy atom. The smallest absolute Gasteiger partial charge is 0.317 e. The molecule has 0 bridgehead atoms. The van der Waals surface area contributed by atoms with Gasteiger partial charge in [-0.15, -0.1) is 0 Å². The van der Waals surface area contributed by atoms with Gasteiger partial charge in [0.15, 0.2) is 11.5 Å². The van der Waals surface area contributed by atoms with Gasteiger partial charge in [-0.1, -0.05) is 44.2 Å². The summed E-state index contributed by atoms with van der Waals surface area (Å²) in [5, 5.41) is 2.96. The van der Waals surface area contributed by atoms with Gasteiger partial charge in [0, 0.05) is 24.6 Å². The highest BCUT2D eigenvalue weighted by atomic mass is 16.7. The molecule has 2 aromatic rings. The van der Waals surface area contributed by atoms with E-state index in [1.807, 2.05) is 48.5 Å². The average molecular weight is 563 g/mol. The van der Waals surface area contributed by atoms with Crippen LogP contribution in [0.1, 0.15) is 50.7 Å². The Morgan fingerprint density at radius 3 is 2.66 bits per heavy atom. The number of ether oxygens (including phenoxy) is 4. The summed E-state index contributed by atoms with van der Waals surface area (Å²) in [6.45, 7) is 5.03. The van der Waals surface area contributed by atoms with Crippen molar-refractivity contribution in [3.8, 4) is 17.2 Å². The molecule has 0 radical (unpaired) electrons. The fourth-order valence-electron chi connectivity index (χ4n) is 6.48. The number of carbonyl (C=O) groups excluding carboxylic acids is 3. The third kappa shape index (κ3) is 5.76. The molecule has 41 heavy (non-hydrogen) atoms. The van der Waals surface area contributed by atoms with Gasteiger partial charge in [0.2, 0.25) is 18.6 Å². The van der Waals surface area contributed by atoms with Crippen LogP contribution in [-0.4, -0.2) is 50.2 Å². The predicted octanol–water partition coefficient (Wildman–Crippen LogP) is 4.38. The van der Waals surface area contributed by atoms with Crippen LogP contribution in [0, 0.1) is 16.7 Å². The molecule has 1 N–H and O–H groups in total. The van der Waals surface area contributed by atoms with Gasteiger partial charge in [-0.25, -0.2) is 0 Å². The number of hydrogen-bond donors (Lipinski definition) is 1. The van der Waals surface area contributed by atoms with Gasteiger partial charge < -0.3 is 29.2 Å². The van der Waals surface area contributed by atoms with E-state index in [1.54, 1.807) is 12.0 Å². The first-order valence-corrected chi connectivity index (χ1v) is 14.0. The first kappa shape index (κ1) is 28.5. The lowest BCUT2D eigenvalue weighted by atomic mass is 9.59. The van der Waals surface area contributed by atoms with Crippen molar-refractivity contribution in [2.24, 2.45) is 16.7 Å². The SMILES string of the molecule is COC(=O)[C@@]12C[C@@H](CC(=O)NCCc3ccccc3OC)C(=O)N(Cc3ccc4c(c3)OCO4)C1=CCC(C)(C)C2. The molecule has 9 heteroatoms. The predicted molar refractivity (Wildman–Crippen MR) is 151 cm³/mol. The van der Waals surface area contributed by atoms with Crippen molar-refractivity contribution in [2.75, 3.05) is 27.6 Å². The van der Waals surface area contributed by atoms with Gasteiger partial charge >= 0.3 is 5.97 Å². The van der Waals surface area contributed by atoms with Crippen LogP contribution < -0.4 is 19.5 Å². The van der Waals surface area contributed by atoms with Crippen LogP contribution in [-0.2, 0) is 32.1 Å². The molecule has 2 atom stereocenters. The van der Waals surface area contributed by atoms with E-state index >= 15 is 0 Å². The summed E-state index contributed by atoms with van der Waals surface area (Å²) in [6, 6.07) is 13.2. The first-order chi connectivity index (χ1) is 19.7. The van der Waals surface area contributed by atoms with Crippen LogP contribution in [0.25, 0.3) is 0 Å². The number of carbonyl (C=O) groups is 3. The normalized spacial score (nSPS) is 22.4. The molecule has 1 fully saturated rings. The van der Waals surface area contributed by atoms with Crippen molar-refractivity contribution in [1.82, 2.24) is 10.2 Å². The molecular formula is C32H38N2O7. The maximum absolute atomic E-state index is 14.0. The molecule has 2 aliphatic heterocycles. The topological polar surface area (TPSA) is 103 Å². The molecule has 3 aliphatic rings. The molecule has 9 nitrogen and oxygen atoms in total. The zero-order chi connectivity index (χ0) is 29.2. The Morgan fingerprint density at radius 1 is 1.10 bits per heavy atom. The molecule has 2 aromatic carbocycles. The largest absolute Gasteiger partial charge is 0.496 e. The second-order valence-corrected chi connectivity index (χ2v) is 11.8. The molecule has 0 saturated carbocycles. The van der Waals surface area contributed by atoms with E-state index in [0.29, 0.717) is 36.6 Å². The van der Waals surface area contributed by atoms with Crippen LogP contribution >= 0.6 is 0 Å². The fourth-order valence-corrected chi connectivity index (χ4v) is 6.48. The van der Waals surface area contributed by atoms with E-state index in [-0.39, 0.29) is 49.4 Å². The third-order valence-corrected chi connectivity index (χ3v) is 8.31. The second-order valence-electron chi connectivity index (χ2n) is 11.8. The van der Waals surface area contributed by atoms with Gasteiger partial charge in [0.05, 0.1) is 20.8 Å². The quantitative estimate of drug-likeness (QED) is 0.453. The minimum absolute atomic E-state index is 0.0190. The maximum Gasteiger partial charge on any atom is 0.317 e. The number of rotatable bonds is 9. The summed E-state index contributed by atoms with van der Waals surface area (Å²) in [7, 11) is 3.00. The van der Waals surface area contributed by atoms with Gasteiger partial charge in [0.25, 0.3) is 0 Å². The molecule has 0 aromatic heterocycles. The van der Waals surface area contributed by atoms with Gasteiger partial charge in [-0.3, -0.25) is 14.4 Å². The molecule has 2 heterocycles. The van der Waals surface area contributed by atoms with Gasteiger partial charge in [-0.05, 0) is 60.4 Å². The number of hydrogen-bond acceptors (Lipinski definition) is 7. The zero-order valence-corrected chi connectivity index (χ0v) is 24.2. The standard InChI is InChI=1S/C32H38N2O7/c1-31(2)13-11-27-32(19-31,30(37)39-4)17-23(16-28(35)33-14-12-22-7-5-6-8-24(22)38-3)29(36)34(27)18-21-9-10-25-26(15-21)41-20-40-25/h5-11,15,23H,12-14,16-20H2,1-4H3,(H,33,35)/t23-,32-/m1/s1. The zero-order valence-electron chi connectivity index (χ0n) is 24.2. The number of para-hydroxylation sites is 1. The monoisotopic (exact) mass is 562 g/mol. The summed E-state index contributed by atoms with van der Waals surface area (Å²) in [5.41, 5.74) is 1.30. The number of likely N-dealkylation sites (tertiary alicyclic amines) is 1. The number of methoxy groups -OCH3 is 2. The van der Waals surface area contributed by atoms with Crippen molar-refractivity contribution < 1.29 is 33.3 Å². The number of esters is 1. The number of piperidine rings is 1. The molecular weight excluding hydrogens is 524 g/mol. The fraction of sp³-hybridized carbons (Fsp3) is 0.469. The minimum atomic E-state index is -1.02.